The van der Waals surface area contributed by atoms with Crippen molar-refractivity contribution in [2.75, 3.05) is 52.6 Å². The lowest BCUT2D eigenvalue weighted by Gasteiger charge is -2.36. The minimum atomic E-state index is -0.291. The Bertz CT molecular complexity index is 3170. The molecule has 4 aliphatic rings. The van der Waals surface area contributed by atoms with Gasteiger partial charge in [0.1, 0.15) is 58.0 Å². The highest BCUT2D eigenvalue weighted by molar-refractivity contribution is 5.77. The average molecular weight is 1030 g/mol. The summed E-state index contributed by atoms with van der Waals surface area (Å²) in [6, 6.07) is 21.9. The van der Waals surface area contributed by atoms with E-state index in [2.05, 4.69) is 64.6 Å². The summed E-state index contributed by atoms with van der Waals surface area (Å²) in [6.45, 7) is 20.0. The monoisotopic (exact) mass is 1020 g/mol. The average Bonchev–Trinajstić information content (AvgIpc) is 4.19. The molecule has 4 fully saturated rings. The lowest BCUT2D eigenvalue weighted by atomic mass is 10.1. The molecular formula is C58H68N14O4. The summed E-state index contributed by atoms with van der Waals surface area (Å²) in [5, 5.41) is 38.0. The van der Waals surface area contributed by atoms with E-state index in [1.807, 2.05) is 102 Å². The van der Waals surface area contributed by atoms with Gasteiger partial charge in [-0.15, -0.1) is 0 Å². The molecule has 18 heteroatoms. The molecule has 0 N–H and O–H groups in total. The van der Waals surface area contributed by atoms with Gasteiger partial charge in [-0.3, -0.25) is 29.1 Å². The van der Waals surface area contributed by atoms with E-state index in [9.17, 15) is 10.5 Å². The fourth-order valence-electron chi connectivity index (χ4n) is 10.9. The summed E-state index contributed by atoms with van der Waals surface area (Å²) in [5.41, 5.74) is 9.98. The van der Waals surface area contributed by atoms with Crippen molar-refractivity contribution in [1.29, 1.82) is 10.5 Å². The first kappa shape index (κ1) is 52.0. The molecule has 0 radical (unpaired) electrons. The molecule has 4 atom stereocenters. The number of nitriles is 2. The number of aromatic nitrogens is 10. The molecule has 76 heavy (non-hydrogen) atoms. The molecule has 4 unspecified atom stereocenters. The molecule has 12 heterocycles. The van der Waals surface area contributed by atoms with Gasteiger partial charge in [0, 0.05) is 72.0 Å². The Kier molecular flexibility index (Phi) is 16.1. The van der Waals surface area contributed by atoms with Crippen LogP contribution >= 0.6 is 0 Å². The summed E-state index contributed by atoms with van der Waals surface area (Å²) in [7, 11) is 0. The summed E-state index contributed by atoms with van der Waals surface area (Å²) in [6.07, 6.45) is 20.8. The van der Waals surface area contributed by atoms with E-state index in [1.54, 1.807) is 33.8 Å². The Morgan fingerprint density at radius 3 is 1.61 bits per heavy atom. The molecule has 8 aromatic rings. The maximum atomic E-state index is 9.68. The van der Waals surface area contributed by atoms with Gasteiger partial charge < -0.3 is 18.9 Å². The van der Waals surface area contributed by atoms with Gasteiger partial charge in [0.15, 0.2) is 0 Å². The van der Waals surface area contributed by atoms with Crippen LogP contribution in [-0.2, 0) is 9.47 Å². The third-order valence-electron chi connectivity index (χ3n) is 15.3. The Morgan fingerprint density at radius 2 is 1.12 bits per heavy atom. The molecule has 18 nitrogen and oxygen atoms in total. The second-order valence-electron chi connectivity index (χ2n) is 20.0. The Morgan fingerprint density at radius 1 is 0.605 bits per heavy atom. The van der Waals surface area contributed by atoms with E-state index in [0.717, 1.165) is 136 Å². The van der Waals surface area contributed by atoms with E-state index < -0.39 is 0 Å². The first-order valence-electron chi connectivity index (χ1n) is 26.9. The maximum Gasteiger partial charge on any atom is 0.148 e. The molecule has 0 aliphatic carbocycles. The highest BCUT2D eigenvalue weighted by atomic mass is 16.5. The molecular weight excluding hydrogens is 957 g/mol. The van der Waals surface area contributed by atoms with Crippen molar-refractivity contribution < 1.29 is 18.9 Å². The molecule has 8 aromatic heterocycles. The minimum absolute atomic E-state index is 0.291. The number of nitrogens with zero attached hydrogens (tertiary/aromatic N) is 14. The number of rotatable bonds is 12. The molecule has 0 aromatic carbocycles. The summed E-state index contributed by atoms with van der Waals surface area (Å²) in [4.78, 5) is 14.0. The highest BCUT2D eigenvalue weighted by Gasteiger charge is 2.31. The second kappa shape index (κ2) is 23.6. The second-order valence-corrected chi connectivity index (χ2v) is 20.0. The van der Waals surface area contributed by atoms with Gasteiger partial charge in [0.2, 0.25) is 0 Å². The summed E-state index contributed by atoms with van der Waals surface area (Å²) >= 11 is 0. The van der Waals surface area contributed by atoms with Crippen molar-refractivity contribution >= 4 is 11.0 Å². The van der Waals surface area contributed by atoms with Crippen LogP contribution in [0.25, 0.3) is 33.3 Å². The molecule has 394 valence electrons. The molecule has 0 amide bonds. The SMILES string of the molecule is CC.Cc1c(-c2cc(OC(C)c3ccccn3)c3c(C#N)cnn3c2)cnn1C1CCCN(C2COC2)CC1.Cc1nn(C2CCCN(C3COC3)CC2)cc1-c1cc(OC(C)c2ccccn2)c2c(C#N)cnn2c1. The fourth-order valence-corrected chi connectivity index (χ4v) is 10.9. The van der Waals surface area contributed by atoms with Crippen molar-refractivity contribution in [2.24, 2.45) is 0 Å². The van der Waals surface area contributed by atoms with E-state index in [1.165, 1.54) is 0 Å². The predicted molar refractivity (Wildman–Crippen MR) is 288 cm³/mol. The van der Waals surface area contributed by atoms with Crippen LogP contribution in [0.4, 0.5) is 0 Å². The molecule has 4 aliphatic heterocycles. The van der Waals surface area contributed by atoms with Gasteiger partial charge >= 0.3 is 0 Å². The normalized spacial score (nSPS) is 19.3. The number of aryl methyl sites for hydroxylation is 1. The number of pyridine rings is 4. The maximum absolute atomic E-state index is 9.68. The first-order valence-corrected chi connectivity index (χ1v) is 26.9. The van der Waals surface area contributed by atoms with Gasteiger partial charge in [-0.2, -0.15) is 30.9 Å². The van der Waals surface area contributed by atoms with E-state index in [-0.39, 0.29) is 12.2 Å². The topological polar surface area (TPSA) is 187 Å². The van der Waals surface area contributed by atoms with Gasteiger partial charge in [-0.1, -0.05) is 26.0 Å². The van der Waals surface area contributed by atoms with Gasteiger partial charge in [-0.05, 0) is 116 Å². The zero-order chi connectivity index (χ0) is 52.7. The Balaban J connectivity index is 0.000000167. The highest BCUT2D eigenvalue weighted by Crippen LogP contribution is 2.38. The zero-order valence-corrected chi connectivity index (χ0v) is 44.5. The van der Waals surface area contributed by atoms with Crippen LogP contribution < -0.4 is 9.47 Å². The van der Waals surface area contributed by atoms with Gasteiger partial charge in [0.05, 0.1) is 86.3 Å². The number of fused-ring (bicyclic) bond motifs is 2. The smallest absolute Gasteiger partial charge is 0.148 e. The third kappa shape index (κ3) is 10.9. The number of hydrogen-bond donors (Lipinski definition) is 0. The first-order chi connectivity index (χ1) is 37.2. The Labute approximate surface area is 444 Å². The zero-order valence-electron chi connectivity index (χ0n) is 44.5. The summed E-state index contributed by atoms with van der Waals surface area (Å²) in [5.74, 6) is 1.20. The minimum Gasteiger partial charge on any atom is -0.482 e. The van der Waals surface area contributed by atoms with Crippen LogP contribution in [0.1, 0.15) is 124 Å². The predicted octanol–water partition coefficient (Wildman–Crippen LogP) is 9.70. The van der Waals surface area contributed by atoms with Crippen LogP contribution in [0.15, 0.2) is 98.1 Å². The quantitative estimate of drug-likeness (QED) is 0.113. The molecule has 0 spiro atoms. The lowest BCUT2D eigenvalue weighted by molar-refractivity contribution is -0.0639. The van der Waals surface area contributed by atoms with E-state index in [0.29, 0.717) is 57.8 Å². The van der Waals surface area contributed by atoms with Gasteiger partial charge in [0.25, 0.3) is 0 Å². The standard InChI is InChI=1S/2C28H31N7O2.C2H6/c1-19-25(15-32-35(19)23-6-5-10-33(11-8-23)24-17-36-18-24)21-12-27(28-22(13-29)14-31-34(28)16-21)37-20(2)26-7-3-4-9-30-26;1-19-25(16-34(32-19)23-6-5-10-33(11-8-23)24-17-36-18-24)21-12-27(28-22(13-29)14-31-35(28)15-21)37-20(2)26-7-3-4-9-30-26;1-2/h2*3-4,7,9,12,14-16,20,23-24H,5-6,8,10-11,17-18H2,1-2H3;1-2H3. The summed E-state index contributed by atoms with van der Waals surface area (Å²) < 4.78 is 31.4. The van der Waals surface area contributed by atoms with Gasteiger partial charge in [-0.25, -0.2) is 9.03 Å². The number of ether oxygens (including phenoxy) is 4. The van der Waals surface area contributed by atoms with Crippen molar-refractivity contribution in [1.82, 2.24) is 58.6 Å². The molecule has 12 rings (SSSR count). The third-order valence-corrected chi connectivity index (χ3v) is 15.3. The van der Waals surface area contributed by atoms with E-state index >= 15 is 0 Å². The van der Waals surface area contributed by atoms with Crippen LogP contribution in [0.5, 0.6) is 11.5 Å². The molecule has 0 saturated carbocycles. The Hall–Kier alpha value is -7.48. The van der Waals surface area contributed by atoms with Crippen LogP contribution in [0, 0.1) is 36.5 Å². The van der Waals surface area contributed by atoms with Crippen molar-refractivity contribution in [3.63, 3.8) is 0 Å². The lowest BCUT2D eigenvalue weighted by Crippen LogP contribution is -2.49. The number of likely N-dealkylation sites (tertiary alicyclic amines) is 2. The van der Waals surface area contributed by atoms with Crippen LogP contribution in [-0.4, -0.2) is 123 Å². The van der Waals surface area contributed by atoms with Crippen molar-refractivity contribution in [2.45, 2.75) is 116 Å². The van der Waals surface area contributed by atoms with E-state index in [4.69, 9.17) is 29.1 Å². The van der Waals surface area contributed by atoms with Crippen LogP contribution in [0.3, 0.4) is 0 Å². The largest absolute Gasteiger partial charge is 0.482 e. The fraction of sp³-hybridized carbons (Fsp3) is 0.448. The molecule has 0 bridgehead atoms. The van der Waals surface area contributed by atoms with Crippen molar-refractivity contribution in [3.8, 4) is 45.9 Å². The number of hydrogen-bond acceptors (Lipinski definition) is 14. The van der Waals surface area contributed by atoms with Crippen LogP contribution in [0.2, 0.25) is 0 Å². The molecule has 4 saturated heterocycles. The van der Waals surface area contributed by atoms with Crippen molar-refractivity contribution in [3.05, 3.63) is 132 Å².